The van der Waals surface area contributed by atoms with Crippen LogP contribution in [-0.2, 0) is 5.41 Å². The summed E-state index contributed by atoms with van der Waals surface area (Å²) in [4.78, 5) is 15.8. The van der Waals surface area contributed by atoms with E-state index in [1.165, 1.54) is 0 Å². The highest BCUT2D eigenvalue weighted by molar-refractivity contribution is 5.80. The standard InChI is InChI=1S/C23H25N7O/c1-21(2,31)16-3-6-29(11-16)19-8-20(27-14-26-19)30-17-7-18(25-9-15(17)10-28-30)23(13-24)12-22(23)4-5-22/h7-10,14,16,31H,3-6,11-12H2,1-2H3/t16-,23+/m1/s1. The zero-order valence-electron chi connectivity index (χ0n) is 17.8. The van der Waals surface area contributed by atoms with Crippen LogP contribution in [0.3, 0.4) is 0 Å². The van der Waals surface area contributed by atoms with Gasteiger partial charge in [-0.05, 0) is 51.0 Å². The fraction of sp³-hybridized carbons (Fsp3) is 0.522. The predicted octanol–water partition coefficient (Wildman–Crippen LogP) is 2.75. The maximum atomic E-state index is 10.4. The first-order valence-electron chi connectivity index (χ1n) is 10.9. The summed E-state index contributed by atoms with van der Waals surface area (Å²) in [6.07, 6.45) is 9.25. The van der Waals surface area contributed by atoms with E-state index >= 15 is 0 Å². The number of hydrogen-bond acceptors (Lipinski definition) is 7. The van der Waals surface area contributed by atoms with Gasteiger partial charge < -0.3 is 10.0 Å². The third-order valence-electron chi connectivity index (χ3n) is 7.68. The molecule has 2 saturated carbocycles. The van der Waals surface area contributed by atoms with Crippen LogP contribution in [0.1, 0.15) is 45.2 Å². The minimum absolute atomic E-state index is 0.169. The number of hydrogen-bond donors (Lipinski definition) is 1. The molecule has 2 atom stereocenters. The zero-order valence-corrected chi connectivity index (χ0v) is 17.8. The number of rotatable bonds is 4. The molecule has 4 heterocycles. The van der Waals surface area contributed by atoms with Crippen molar-refractivity contribution in [3.05, 3.63) is 36.5 Å². The van der Waals surface area contributed by atoms with Crippen molar-refractivity contribution in [1.82, 2.24) is 24.7 Å². The van der Waals surface area contributed by atoms with Gasteiger partial charge in [0.15, 0.2) is 5.82 Å². The second-order valence-electron chi connectivity index (χ2n) is 9.98. The van der Waals surface area contributed by atoms with Crippen LogP contribution in [0, 0.1) is 22.7 Å². The van der Waals surface area contributed by atoms with E-state index in [0.29, 0.717) is 5.82 Å². The molecule has 0 unspecified atom stereocenters. The largest absolute Gasteiger partial charge is 0.390 e. The monoisotopic (exact) mass is 415 g/mol. The lowest BCUT2D eigenvalue weighted by atomic mass is 9.90. The van der Waals surface area contributed by atoms with Crippen LogP contribution in [0.5, 0.6) is 0 Å². The SMILES string of the molecule is CC(C)(O)[C@@H]1CCN(c2cc(-n3ncc4cnc([C@@]5(C#N)CC56CC6)cc43)ncn2)C1. The molecular formula is C23H25N7O. The van der Waals surface area contributed by atoms with Crippen molar-refractivity contribution in [2.45, 2.75) is 50.5 Å². The van der Waals surface area contributed by atoms with Crippen molar-refractivity contribution in [2.24, 2.45) is 11.3 Å². The van der Waals surface area contributed by atoms with Gasteiger partial charge in [-0.15, -0.1) is 0 Å². The van der Waals surface area contributed by atoms with Gasteiger partial charge in [0.05, 0.1) is 29.1 Å². The topological polar surface area (TPSA) is 104 Å². The Morgan fingerprint density at radius 1 is 1.16 bits per heavy atom. The van der Waals surface area contributed by atoms with E-state index < -0.39 is 11.0 Å². The average Bonchev–Trinajstić information content (AvgIpc) is 3.50. The summed E-state index contributed by atoms with van der Waals surface area (Å²) in [6, 6.07) is 6.51. The molecule has 3 aliphatic rings. The molecule has 8 heteroatoms. The van der Waals surface area contributed by atoms with Gasteiger partial charge in [-0.2, -0.15) is 10.4 Å². The molecule has 3 aromatic rings. The second kappa shape index (κ2) is 6.01. The summed E-state index contributed by atoms with van der Waals surface area (Å²) >= 11 is 0. The normalized spacial score (nSPS) is 26.4. The summed E-state index contributed by atoms with van der Waals surface area (Å²) in [5, 5.41) is 25.7. The van der Waals surface area contributed by atoms with Crippen molar-refractivity contribution in [2.75, 3.05) is 18.0 Å². The fourth-order valence-electron chi connectivity index (χ4n) is 5.30. The lowest BCUT2D eigenvalue weighted by molar-refractivity contribution is 0.0263. The van der Waals surface area contributed by atoms with Crippen LogP contribution in [0.2, 0.25) is 0 Å². The number of anilines is 1. The molecule has 8 nitrogen and oxygen atoms in total. The van der Waals surface area contributed by atoms with Gasteiger partial charge in [-0.1, -0.05) is 0 Å². The highest BCUT2D eigenvalue weighted by Crippen LogP contribution is 2.78. The average molecular weight is 416 g/mol. The Hall–Kier alpha value is -3.05. The first-order valence-corrected chi connectivity index (χ1v) is 10.9. The molecule has 3 aromatic heterocycles. The Morgan fingerprint density at radius 2 is 1.97 bits per heavy atom. The highest BCUT2D eigenvalue weighted by atomic mass is 16.3. The Kier molecular flexibility index (Phi) is 3.63. The van der Waals surface area contributed by atoms with Gasteiger partial charge in [-0.25, -0.2) is 14.6 Å². The van der Waals surface area contributed by atoms with Crippen molar-refractivity contribution < 1.29 is 5.11 Å². The van der Waals surface area contributed by atoms with Gasteiger partial charge in [0, 0.05) is 36.7 Å². The number of aromatic nitrogens is 5. The minimum atomic E-state index is -0.704. The van der Waals surface area contributed by atoms with E-state index in [4.69, 9.17) is 0 Å². The summed E-state index contributed by atoms with van der Waals surface area (Å²) in [6.45, 7) is 5.36. The number of aliphatic hydroxyl groups is 1. The molecule has 6 rings (SSSR count). The molecule has 0 amide bonds. The predicted molar refractivity (Wildman–Crippen MR) is 115 cm³/mol. The van der Waals surface area contributed by atoms with Crippen LogP contribution >= 0.6 is 0 Å². The number of nitrogens with zero attached hydrogens (tertiary/aromatic N) is 7. The molecule has 1 saturated heterocycles. The minimum Gasteiger partial charge on any atom is -0.390 e. The van der Waals surface area contributed by atoms with E-state index in [2.05, 4.69) is 31.0 Å². The number of pyridine rings is 1. The highest BCUT2D eigenvalue weighted by Gasteiger charge is 2.76. The van der Waals surface area contributed by atoms with Gasteiger partial charge in [-0.3, -0.25) is 4.98 Å². The molecular weight excluding hydrogens is 390 g/mol. The van der Waals surface area contributed by atoms with Crippen molar-refractivity contribution in [1.29, 1.82) is 5.26 Å². The van der Waals surface area contributed by atoms with Crippen molar-refractivity contribution in [3.8, 4) is 11.9 Å². The lowest BCUT2D eigenvalue weighted by Crippen LogP contribution is -2.33. The van der Waals surface area contributed by atoms with E-state index in [1.54, 1.807) is 12.5 Å². The maximum absolute atomic E-state index is 10.4. The summed E-state index contributed by atoms with van der Waals surface area (Å²) < 4.78 is 1.81. The van der Waals surface area contributed by atoms with Crippen LogP contribution < -0.4 is 4.90 Å². The molecule has 158 valence electrons. The van der Waals surface area contributed by atoms with Crippen LogP contribution in [0.4, 0.5) is 5.82 Å². The Morgan fingerprint density at radius 3 is 2.65 bits per heavy atom. The second-order valence-corrected chi connectivity index (χ2v) is 9.98. The first-order chi connectivity index (χ1) is 14.9. The van der Waals surface area contributed by atoms with Crippen molar-refractivity contribution in [3.63, 3.8) is 0 Å². The van der Waals surface area contributed by atoms with Crippen LogP contribution in [-0.4, -0.2) is 48.5 Å². The van der Waals surface area contributed by atoms with Gasteiger partial charge in [0.1, 0.15) is 17.6 Å². The van der Waals surface area contributed by atoms with E-state index in [9.17, 15) is 10.4 Å². The summed E-state index contributed by atoms with van der Waals surface area (Å²) in [5.74, 6) is 1.73. The van der Waals surface area contributed by atoms with E-state index in [-0.39, 0.29) is 11.3 Å². The molecule has 0 bridgehead atoms. The molecule has 0 aromatic carbocycles. The first kappa shape index (κ1) is 18.7. The third kappa shape index (κ3) is 2.69. The third-order valence-corrected chi connectivity index (χ3v) is 7.68. The maximum Gasteiger partial charge on any atom is 0.159 e. The zero-order chi connectivity index (χ0) is 21.4. The molecule has 31 heavy (non-hydrogen) atoms. The Labute approximate surface area is 180 Å². The summed E-state index contributed by atoms with van der Waals surface area (Å²) in [5.41, 5.74) is 0.785. The van der Waals surface area contributed by atoms with Gasteiger partial charge in [0.25, 0.3) is 0 Å². The quantitative estimate of drug-likeness (QED) is 0.699. The van der Waals surface area contributed by atoms with E-state index in [1.807, 2.05) is 36.9 Å². The van der Waals surface area contributed by atoms with Crippen LogP contribution in [0.25, 0.3) is 16.7 Å². The molecule has 1 spiro atoms. The number of nitriles is 1. The van der Waals surface area contributed by atoms with Gasteiger partial charge in [0.2, 0.25) is 0 Å². The molecule has 0 radical (unpaired) electrons. The molecule has 1 aliphatic heterocycles. The number of fused-ring (bicyclic) bond motifs is 1. The molecule has 2 aliphatic carbocycles. The fourth-order valence-corrected chi connectivity index (χ4v) is 5.30. The lowest BCUT2D eigenvalue weighted by Gasteiger charge is -2.25. The molecule has 1 N–H and O–H groups in total. The van der Waals surface area contributed by atoms with Gasteiger partial charge >= 0.3 is 0 Å². The van der Waals surface area contributed by atoms with Crippen molar-refractivity contribution >= 4 is 16.7 Å². The summed E-state index contributed by atoms with van der Waals surface area (Å²) in [7, 11) is 0. The Bertz CT molecular complexity index is 1230. The van der Waals surface area contributed by atoms with E-state index in [0.717, 1.165) is 61.2 Å². The smallest absolute Gasteiger partial charge is 0.159 e. The Balaban J connectivity index is 1.35. The molecule has 3 fully saturated rings. The van der Waals surface area contributed by atoms with Crippen LogP contribution in [0.15, 0.2) is 30.9 Å².